The van der Waals surface area contributed by atoms with Gasteiger partial charge in [-0.15, -0.1) is 0 Å². The first-order valence-corrected chi connectivity index (χ1v) is 7.59. The first-order valence-electron chi connectivity index (χ1n) is 7.59. The lowest BCUT2D eigenvalue weighted by molar-refractivity contribution is -0.127. The monoisotopic (exact) mass is 274 g/mol. The van der Waals surface area contributed by atoms with E-state index in [0.717, 1.165) is 25.8 Å². The van der Waals surface area contributed by atoms with Crippen molar-refractivity contribution < 1.29 is 4.79 Å². The Kier molecular flexibility index (Phi) is 4.48. The molecular weight excluding hydrogens is 248 g/mol. The molecule has 1 aromatic carbocycles. The molecule has 0 aromatic heterocycles. The first kappa shape index (κ1) is 15.0. The van der Waals surface area contributed by atoms with Crippen molar-refractivity contribution in [2.45, 2.75) is 51.0 Å². The van der Waals surface area contributed by atoms with Gasteiger partial charge in [0.15, 0.2) is 0 Å². The van der Waals surface area contributed by atoms with Crippen LogP contribution < -0.4 is 10.6 Å². The Morgan fingerprint density at radius 3 is 2.60 bits per heavy atom. The van der Waals surface area contributed by atoms with E-state index in [0.29, 0.717) is 6.54 Å². The van der Waals surface area contributed by atoms with Gasteiger partial charge in [-0.25, -0.2) is 0 Å². The largest absolute Gasteiger partial charge is 0.354 e. The highest BCUT2D eigenvalue weighted by atomic mass is 16.2. The van der Waals surface area contributed by atoms with Crippen LogP contribution in [0.5, 0.6) is 0 Å². The van der Waals surface area contributed by atoms with E-state index in [1.165, 1.54) is 5.56 Å². The molecular formula is C17H26N2O. The van der Waals surface area contributed by atoms with E-state index >= 15 is 0 Å². The van der Waals surface area contributed by atoms with Gasteiger partial charge in [-0.3, -0.25) is 4.79 Å². The zero-order chi connectivity index (χ0) is 14.6. The third-order valence-corrected chi connectivity index (χ3v) is 4.53. The van der Waals surface area contributed by atoms with Gasteiger partial charge >= 0.3 is 0 Å². The van der Waals surface area contributed by atoms with Crippen LogP contribution >= 0.6 is 0 Å². The molecule has 3 heteroatoms. The highest BCUT2D eigenvalue weighted by Crippen LogP contribution is 2.25. The van der Waals surface area contributed by atoms with E-state index < -0.39 is 0 Å². The van der Waals surface area contributed by atoms with Gasteiger partial charge in [-0.2, -0.15) is 0 Å². The van der Waals surface area contributed by atoms with Crippen LogP contribution in [-0.2, 0) is 10.2 Å². The third-order valence-electron chi connectivity index (χ3n) is 4.53. The van der Waals surface area contributed by atoms with Gasteiger partial charge in [-0.1, -0.05) is 51.1 Å². The van der Waals surface area contributed by atoms with E-state index in [1.807, 2.05) is 18.2 Å². The van der Waals surface area contributed by atoms with Crippen LogP contribution in [0.15, 0.2) is 30.3 Å². The fraction of sp³-hybridized carbons (Fsp3) is 0.588. The molecule has 1 aromatic rings. The van der Waals surface area contributed by atoms with Crippen LogP contribution in [0.2, 0.25) is 0 Å². The van der Waals surface area contributed by atoms with Crippen molar-refractivity contribution in [2.75, 3.05) is 13.1 Å². The van der Waals surface area contributed by atoms with Crippen molar-refractivity contribution in [3.63, 3.8) is 0 Å². The van der Waals surface area contributed by atoms with Crippen LogP contribution in [0.1, 0.15) is 45.6 Å². The average Bonchev–Trinajstić information content (AvgIpc) is 2.96. The summed E-state index contributed by atoms with van der Waals surface area (Å²) in [5.41, 5.74) is 0.863. The molecule has 0 aliphatic carbocycles. The Hall–Kier alpha value is -1.35. The maximum absolute atomic E-state index is 12.5. The Balaban J connectivity index is 1.99. The number of carbonyl (C=O) groups is 1. The summed E-state index contributed by atoms with van der Waals surface area (Å²) in [5.74, 6) is 0.154. The number of nitrogens with one attached hydrogen (secondary N) is 2. The fourth-order valence-corrected chi connectivity index (χ4v) is 2.92. The molecule has 1 atom stereocenters. The molecule has 2 N–H and O–H groups in total. The van der Waals surface area contributed by atoms with E-state index in [4.69, 9.17) is 0 Å². The molecule has 0 saturated carbocycles. The lowest BCUT2D eigenvalue weighted by Gasteiger charge is -2.31. The van der Waals surface area contributed by atoms with E-state index in [1.54, 1.807) is 0 Å². The molecule has 1 aliphatic rings. The molecule has 0 bridgehead atoms. The topological polar surface area (TPSA) is 41.1 Å². The Labute approximate surface area is 122 Å². The molecule has 3 nitrogen and oxygen atoms in total. The van der Waals surface area contributed by atoms with Crippen LogP contribution in [0.4, 0.5) is 0 Å². The third kappa shape index (κ3) is 3.04. The zero-order valence-corrected chi connectivity index (χ0v) is 12.8. The number of rotatable bonds is 5. The average molecular weight is 274 g/mol. The predicted molar refractivity (Wildman–Crippen MR) is 82.7 cm³/mol. The number of benzene rings is 1. The molecule has 1 unspecified atom stereocenters. The fourth-order valence-electron chi connectivity index (χ4n) is 2.92. The van der Waals surface area contributed by atoms with E-state index in [2.05, 4.69) is 43.5 Å². The Morgan fingerprint density at radius 2 is 2.05 bits per heavy atom. The van der Waals surface area contributed by atoms with Crippen LogP contribution in [0, 0.1) is 0 Å². The second-order valence-electron chi connectivity index (χ2n) is 6.40. The van der Waals surface area contributed by atoms with Crippen LogP contribution in [-0.4, -0.2) is 24.5 Å². The molecule has 2 rings (SSSR count). The predicted octanol–water partition coefficient (Wildman–Crippen LogP) is 2.61. The van der Waals surface area contributed by atoms with Gasteiger partial charge in [-0.05, 0) is 31.4 Å². The second kappa shape index (κ2) is 5.96. The summed E-state index contributed by atoms with van der Waals surface area (Å²) in [4.78, 5) is 12.5. The number of carbonyl (C=O) groups excluding carboxylic acids is 1. The Morgan fingerprint density at radius 1 is 1.35 bits per heavy atom. The minimum Gasteiger partial charge on any atom is -0.354 e. The molecule has 110 valence electrons. The van der Waals surface area contributed by atoms with Crippen molar-refractivity contribution >= 4 is 5.91 Å². The highest BCUT2D eigenvalue weighted by molar-refractivity contribution is 5.86. The Bertz CT molecular complexity index is 447. The lowest BCUT2D eigenvalue weighted by atomic mass is 9.84. The van der Waals surface area contributed by atoms with Gasteiger partial charge < -0.3 is 10.6 Å². The number of amides is 1. The summed E-state index contributed by atoms with van der Waals surface area (Å²) in [6, 6.07) is 10.4. The highest BCUT2D eigenvalue weighted by Gasteiger charge is 2.39. The van der Waals surface area contributed by atoms with Gasteiger partial charge in [0.05, 0.1) is 5.54 Å². The summed E-state index contributed by atoms with van der Waals surface area (Å²) < 4.78 is 0. The zero-order valence-electron chi connectivity index (χ0n) is 12.8. The van der Waals surface area contributed by atoms with Gasteiger partial charge in [0.1, 0.15) is 0 Å². The van der Waals surface area contributed by atoms with Crippen molar-refractivity contribution in [2.24, 2.45) is 0 Å². The van der Waals surface area contributed by atoms with Gasteiger partial charge in [0, 0.05) is 12.0 Å². The summed E-state index contributed by atoms with van der Waals surface area (Å²) >= 11 is 0. The minimum absolute atomic E-state index is 0.0511. The molecule has 0 radical (unpaired) electrons. The second-order valence-corrected chi connectivity index (χ2v) is 6.40. The van der Waals surface area contributed by atoms with Gasteiger partial charge in [0.2, 0.25) is 5.91 Å². The molecule has 1 saturated heterocycles. The summed E-state index contributed by atoms with van der Waals surface area (Å²) in [6.45, 7) is 8.04. The number of hydrogen-bond acceptors (Lipinski definition) is 2. The van der Waals surface area contributed by atoms with E-state index in [9.17, 15) is 4.79 Å². The van der Waals surface area contributed by atoms with Crippen molar-refractivity contribution in [3.05, 3.63) is 35.9 Å². The van der Waals surface area contributed by atoms with Crippen molar-refractivity contribution in [1.82, 2.24) is 10.6 Å². The van der Waals surface area contributed by atoms with Crippen molar-refractivity contribution in [1.29, 1.82) is 0 Å². The van der Waals surface area contributed by atoms with Crippen LogP contribution in [0.25, 0.3) is 0 Å². The lowest BCUT2D eigenvalue weighted by Crippen LogP contribution is -2.54. The molecule has 0 spiro atoms. The van der Waals surface area contributed by atoms with Crippen LogP contribution in [0.3, 0.4) is 0 Å². The number of hydrogen-bond donors (Lipinski definition) is 2. The van der Waals surface area contributed by atoms with E-state index in [-0.39, 0.29) is 16.9 Å². The van der Waals surface area contributed by atoms with Gasteiger partial charge in [0.25, 0.3) is 0 Å². The molecule has 1 heterocycles. The summed E-state index contributed by atoms with van der Waals surface area (Å²) in [6.07, 6.45) is 2.88. The minimum atomic E-state index is -0.341. The summed E-state index contributed by atoms with van der Waals surface area (Å²) in [5, 5.41) is 6.54. The SMILES string of the molecule is CCC1(C(=O)NCC(C)(C)c2ccccc2)CCCN1. The maximum atomic E-state index is 12.5. The quantitative estimate of drug-likeness (QED) is 0.866. The smallest absolute Gasteiger partial charge is 0.240 e. The standard InChI is InChI=1S/C17H26N2O/c1-4-17(11-8-12-19-17)15(20)18-13-16(2,3)14-9-6-5-7-10-14/h5-7,9-10,19H,4,8,11-13H2,1-3H3,(H,18,20). The normalized spacial score (nSPS) is 22.8. The maximum Gasteiger partial charge on any atom is 0.240 e. The molecule has 1 fully saturated rings. The molecule has 1 aliphatic heterocycles. The first-order chi connectivity index (χ1) is 9.50. The molecule has 1 amide bonds. The van der Waals surface area contributed by atoms with Crippen molar-refractivity contribution in [3.8, 4) is 0 Å². The molecule has 20 heavy (non-hydrogen) atoms. The summed E-state index contributed by atoms with van der Waals surface area (Å²) in [7, 11) is 0.